The van der Waals surface area contributed by atoms with Crippen molar-refractivity contribution >= 4 is 45.7 Å². The van der Waals surface area contributed by atoms with Crippen LogP contribution in [0.4, 0.5) is 10.7 Å². The summed E-state index contributed by atoms with van der Waals surface area (Å²) in [5.74, 6) is 0.116. The summed E-state index contributed by atoms with van der Waals surface area (Å²) in [6, 6.07) is 14.3. The van der Waals surface area contributed by atoms with E-state index in [9.17, 15) is 9.59 Å². The van der Waals surface area contributed by atoms with Gasteiger partial charge in [0, 0.05) is 42.3 Å². The summed E-state index contributed by atoms with van der Waals surface area (Å²) in [5, 5.41) is 14.5. The number of amides is 1. The molecule has 204 valence electrons. The molecule has 39 heavy (non-hydrogen) atoms. The van der Waals surface area contributed by atoms with Crippen LogP contribution >= 0.6 is 23.1 Å². The van der Waals surface area contributed by atoms with Crippen LogP contribution in [0.15, 0.2) is 53.0 Å². The van der Waals surface area contributed by atoms with Gasteiger partial charge in [0.1, 0.15) is 10.6 Å². The Morgan fingerprint density at radius 3 is 2.44 bits per heavy atom. The number of thiophene rings is 1. The maximum absolute atomic E-state index is 12.9. The van der Waals surface area contributed by atoms with E-state index in [-0.39, 0.29) is 11.7 Å². The Hall–Kier alpha value is -3.63. The van der Waals surface area contributed by atoms with E-state index in [4.69, 9.17) is 4.74 Å². The number of anilines is 2. The summed E-state index contributed by atoms with van der Waals surface area (Å²) < 4.78 is 6.94. The lowest BCUT2D eigenvalue weighted by Crippen LogP contribution is -2.21. The van der Waals surface area contributed by atoms with Crippen LogP contribution in [0.2, 0.25) is 0 Å². The van der Waals surface area contributed by atoms with E-state index in [1.54, 1.807) is 0 Å². The zero-order valence-electron chi connectivity index (χ0n) is 23.1. The van der Waals surface area contributed by atoms with Gasteiger partial charge in [0.15, 0.2) is 11.0 Å². The number of hydrogen-bond acceptors (Lipinski definition) is 8. The molecule has 8 nitrogen and oxygen atoms in total. The van der Waals surface area contributed by atoms with Gasteiger partial charge in [-0.15, -0.1) is 21.5 Å². The molecule has 2 heterocycles. The summed E-state index contributed by atoms with van der Waals surface area (Å²) in [5.41, 5.74) is 6.30. The fraction of sp³-hybridized carbons (Fsp3) is 0.310. The number of carbonyl (C=O) groups excluding carboxylic acids is 2. The highest BCUT2D eigenvalue weighted by molar-refractivity contribution is 7.99. The number of methoxy groups -OCH3 is 1. The first kappa shape index (κ1) is 28.4. The van der Waals surface area contributed by atoms with Crippen LogP contribution < -0.4 is 10.2 Å². The van der Waals surface area contributed by atoms with Gasteiger partial charge in [-0.25, -0.2) is 4.79 Å². The average molecular weight is 564 g/mol. The van der Waals surface area contributed by atoms with E-state index in [1.807, 2.05) is 61.2 Å². The van der Waals surface area contributed by atoms with Crippen molar-refractivity contribution in [3.8, 4) is 22.5 Å². The summed E-state index contributed by atoms with van der Waals surface area (Å²) in [6.45, 7) is 10.2. The number of hydrogen-bond donors (Lipinski definition) is 1. The van der Waals surface area contributed by atoms with E-state index < -0.39 is 5.97 Å². The first-order valence-corrected chi connectivity index (χ1v) is 14.6. The van der Waals surface area contributed by atoms with Crippen LogP contribution in [-0.2, 0) is 16.6 Å². The van der Waals surface area contributed by atoms with Gasteiger partial charge in [-0.2, -0.15) is 0 Å². The molecule has 1 N–H and O–H groups in total. The van der Waals surface area contributed by atoms with E-state index in [0.29, 0.717) is 15.7 Å². The highest BCUT2D eigenvalue weighted by atomic mass is 32.2. The largest absolute Gasteiger partial charge is 0.465 e. The van der Waals surface area contributed by atoms with Gasteiger partial charge in [0.05, 0.1) is 12.9 Å². The lowest BCUT2D eigenvalue weighted by molar-refractivity contribution is -0.113. The van der Waals surface area contributed by atoms with Gasteiger partial charge in [0.2, 0.25) is 5.91 Å². The number of ether oxygens (including phenoxy) is 1. The van der Waals surface area contributed by atoms with Crippen molar-refractivity contribution in [1.29, 1.82) is 0 Å². The molecule has 2 aromatic carbocycles. The third-order valence-corrected chi connectivity index (χ3v) is 8.45. The van der Waals surface area contributed by atoms with Crippen molar-refractivity contribution in [2.45, 2.75) is 32.9 Å². The SMILES string of the molecule is CCN(CC)c1ccc(-c2nnc(SCC(=O)Nc3scc(-c4cc(C)ccc4C)c3C(=O)OC)n2C)cc1. The molecule has 0 unspecified atom stereocenters. The van der Waals surface area contributed by atoms with Crippen molar-refractivity contribution < 1.29 is 14.3 Å². The summed E-state index contributed by atoms with van der Waals surface area (Å²) in [4.78, 5) is 27.9. The first-order chi connectivity index (χ1) is 18.8. The zero-order chi connectivity index (χ0) is 28.1. The first-order valence-electron chi connectivity index (χ1n) is 12.7. The monoisotopic (exact) mass is 563 g/mol. The van der Waals surface area contributed by atoms with Gasteiger partial charge in [-0.3, -0.25) is 4.79 Å². The molecule has 4 aromatic rings. The molecular formula is C29H33N5O3S2. The maximum Gasteiger partial charge on any atom is 0.341 e. The third-order valence-electron chi connectivity index (χ3n) is 6.54. The van der Waals surface area contributed by atoms with Gasteiger partial charge in [-0.05, 0) is 63.1 Å². The Labute approximate surface area is 237 Å². The normalized spacial score (nSPS) is 10.9. The number of esters is 1. The third kappa shape index (κ3) is 6.17. The average Bonchev–Trinajstić information content (AvgIpc) is 3.52. The summed E-state index contributed by atoms with van der Waals surface area (Å²) in [6.07, 6.45) is 0. The van der Waals surface area contributed by atoms with Gasteiger partial charge in [-0.1, -0.05) is 35.5 Å². The molecule has 0 bridgehead atoms. The van der Waals surface area contributed by atoms with Crippen LogP contribution in [0.1, 0.15) is 35.3 Å². The van der Waals surface area contributed by atoms with Crippen molar-refractivity contribution in [2.75, 3.05) is 36.2 Å². The lowest BCUT2D eigenvalue weighted by Gasteiger charge is -2.21. The molecule has 0 aliphatic rings. The molecular weight excluding hydrogens is 530 g/mol. The number of nitrogens with zero attached hydrogens (tertiary/aromatic N) is 4. The second kappa shape index (κ2) is 12.5. The Kier molecular flexibility index (Phi) is 9.08. The molecule has 0 aliphatic carbocycles. The highest BCUT2D eigenvalue weighted by Gasteiger charge is 2.23. The van der Waals surface area contributed by atoms with Crippen LogP contribution in [0.25, 0.3) is 22.5 Å². The summed E-state index contributed by atoms with van der Waals surface area (Å²) >= 11 is 2.60. The van der Waals surface area contributed by atoms with Gasteiger partial charge in [0.25, 0.3) is 0 Å². The van der Waals surface area contributed by atoms with E-state index in [0.717, 1.165) is 52.4 Å². The van der Waals surface area contributed by atoms with E-state index >= 15 is 0 Å². The minimum absolute atomic E-state index is 0.115. The number of nitrogens with one attached hydrogen (secondary N) is 1. The molecule has 0 spiro atoms. The fourth-order valence-corrected chi connectivity index (χ4v) is 6.05. The molecule has 10 heteroatoms. The lowest BCUT2D eigenvalue weighted by atomic mass is 9.97. The van der Waals surface area contributed by atoms with Crippen LogP contribution in [-0.4, -0.2) is 52.6 Å². The topological polar surface area (TPSA) is 89.3 Å². The minimum Gasteiger partial charge on any atom is -0.465 e. The van der Waals surface area contributed by atoms with Gasteiger partial charge >= 0.3 is 5.97 Å². The second-order valence-corrected chi connectivity index (χ2v) is 10.9. The quantitative estimate of drug-likeness (QED) is 0.182. The smallest absolute Gasteiger partial charge is 0.341 e. The van der Waals surface area contributed by atoms with Crippen LogP contribution in [0.3, 0.4) is 0 Å². The number of aromatic nitrogens is 3. The molecule has 0 fully saturated rings. The Morgan fingerprint density at radius 2 is 1.77 bits per heavy atom. The molecule has 0 saturated heterocycles. The van der Waals surface area contributed by atoms with Crippen molar-refractivity contribution in [3.63, 3.8) is 0 Å². The molecule has 2 aromatic heterocycles. The number of carbonyl (C=O) groups is 2. The number of rotatable bonds is 10. The Bertz CT molecular complexity index is 1470. The summed E-state index contributed by atoms with van der Waals surface area (Å²) in [7, 11) is 3.23. The predicted octanol–water partition coefficient (Wildman–Crippen LogP) is 6.19. The molecule has 0 atom stereocenters. The zero-order valence-corrected chi connectivity index (χ0v) is 24.7. The number of benzene rings is 2. The van der Waals surface area contributed by atoms with E-state index in [2.05, 4.69) is 46.4 Å². The van der Waals surface area contributed by atoms with Crippen molar-refractivity contribution in [2.24, 2.45) is 7.05 Å². The van der Waals surface area contributed by atoms with Crippen LogP contribution in [0, 0.1) is 13.8 Å². The molecule has 0 aliphatic heterocycles. The molecule has 4 rings (SSSR count). The molecule has 1 amide bonds. The van der Waals surface area contributed by atoms with Gasteiger partial charge < -0.3 is 19.5 Å². The van der Waals surface area contributed by atoms with Crippen molar-refractivity contribution in [1.82, 2.24) is 14.8 Å². The number of thioether (sulfide) groups is 1. The Balaban J connectivity index is 1.47. The standard InChI is InChI=1S/C29H33N5O3S2/c1-7-34(8-2)21-13-11-20(12-14-21)26-31-32-29(33(26)5)39-17-24(35)30-27-25(28(36)37-6)23(16-38-27)22-15-18(3)9-10-19(22)4/h9-16H,7-8,17H2,1-6H3,(H,30,35). The van der Waals surface area contributed by atoms with Crippen molar-refractivity contribution in [3.05, 3.63) is 64.5 Å². The van der Waals surface area contributed by atoms with E-state index in [1.165, 1.54) is 30.2 Å². The Morgan fingerprint density at radius 1 is 1.05 bits per heavy atom. The maximum atomic E-state index is 12.9. The molecule has 0 radical (unpaired) electrons. The van der Waals surface area contributed by atoms with Crippen LogP contribution in [0.5, 0.6) is 0 Å². The minimum atomic E-state index is -0.486. The molecule has 0 saturated carbocycles. The fourth-order valence-electron chi connectivity index (χ4n) is 4.37. The highest BCUT2D eigenvalue weighted by Crippen LogP contribution is 2.38. The second-order valence-electron chi connectivity index (χ2n) is 9.08. The predicted molar refractivity (Wildman–Crippen MR) is 160 cm³/mol. The number of aryl methyl sites for hydroxylation is 2.